The molecule has 0 aliphatic carbocycles. The second-order valence-electron chi connectivity index (χ2n) is 7.82. The van der Waals surface area contributed by atoms with Crippen molar-refractivity contribution in [3.05, 3.63) is 65.2 Å². The van der Waals surface area contributed by atoms with E-state index in [2.05, 4.69) is 5.32 Å². The first kappa shape index (κ1) is 24.2. The van der Waals surface area contributed by atoms with Crippen LogP contribution in [0, 0.1) is 5.41 Å². The highest BCUT2D eigenvalue weighted by atomic mass is 16.4. The lowest BCUT2D eigenvalue weighted by Gasteiger charge is -2.38. The number of amidine groups is 1. The fourth-order valence-electron chi connectivity index (χ4n) is 3.70. The number of nitrogens with one attached hydrogen (secondary N) is 2. The van der Waals surface area contributed by atoms with Gasteiger partial charge in [-0.1, -0.05) is 24.3 Å². The van der Waals surface area contributed by atoms with E-state index in [1.807, 2.05) is 0 Å². The Morgan fingerprint density at radius 3 is 2.21 bits per heavy atom. The SMILES string of the molecule is N=C(N)c1ccc(C(=O)NCCN2CCN(C(CC(=O)O)c3ccc(N)cc3)C(=O)C2=O)cc1. The van der Waals surface area contributed by atoms with Gasteiger partial charge in [0.25, 0.3) is 5.91 Å². The Hall–Kier alpha value is -4.41. The van der Waals surface area contributed by atoms with Gasteiger partial charge in [0, 0.05) is 43.0 Å². The van der Waals surface area contributed by atoms with Gasteiger partial charge in [-0.05, 0) is 29.8 Å². The van der Waals surface area contributed by atoms with Crippen LogP contribution in [-0.4, -0.2) is 70.6 Å². The van der Waals surface area contributed by atoms with Crippen LogP contribution >= 0.6 is 0 Å². The number of hydrogen-bond donors (Lipinski definition) is 5. The molecule has 178 valence electrons. The first-order valence-electron chi connectivity index (χ1n) is 10.6. The van der Waals surface area contributed by atoms with E-state index in [9.17, 15) is 24.3 Å². The van der Waals surface area contributed by atoms with E-state index in [0.29, 0.717) is 22.4 Å². The molecule has 1 atom stereocenters. The van der Waals surface area contributed by atoms with Gasteiger partial charge < -0.3 is 31.7 Å². The molecule has 11 heteroatoms. The normalized spacial score (nSPS) is 14.6. The summed E-state index contributed by atoms with van der Waals surface area (Å²) in [6, 6.07) is 11.9. The van der Waals surface area contributed by atoms with E-state index in [1.54, 1.807) is 48.5 Å². The van der Waals surface area contributed by atoms with Crippen molar-refractivity contribution in [1.82, 2.24) is 15.1 Å². The third-order valence-electron chi connectivity index (χ3n) is 5.53. The van der Waals surface area contributed by atoms with E-state index in [0.717, 1.165) is 0 Å². The molecule has 11 nitrogen and oxygen atoms in total. The van der Waals surface area contributed by atoms with Gasteiger partial charge in [0.05, 0.1) is 12.5 Å². The molecule has 2 aromatic rings. The van der Waals surface area contributed by atoms with Gasteiger partial charge in [-0.3, -0.25) is 24.6 Å². The van der Waals surface area contributed by atoms with Gasteiger partial charge >= 0.3 is 17.8 Å². The summed E-state index contributed by atoms with van der Waals surface area (Å²) < 4.78 is 0. The van der Waals surface area contributed by atoms with Gasteiger partial charge in [0.2, 0.25) is 0 Å². The highest BCUT2D eigenvalue weighted by Crippen LogP contribution is 2.27. The summed E-state index contributed by atoms with van der Waals surface area (Å²) >= 11 is 0. The minimum Gasteiger partial charge on any atom is -0.481 e. The number of hydrogen-bond acceptors (Lipinski definition) is 6. The monoisotopic (exact) mass is 466 g/mol. The third-order valence-corrected chi connectivity index (χ3v) is 5.53. The maximum Gasteiger partial charge on any atom is 0.312 e. The lowest BCUT2D eigenvalue weighted by Crippen LogP contribution is -2.56. The highest BCUT2D eigenvalue weighted by Gasteiger charge is 2.37. The van der Waals surface area contributed by atoms with Crippen molar-refractivity contribution in [1.29, 1.82) is 5.41 Å². The second kappa shape index (κ2) is 10.5. The number of carboxylic acids is 1. The molecule has 3 rings (SSSR count). The number of carbonyl (C=O) groups is 4. The van der Waals surface area contributed by atoms with Gasteiger partial charge in [-0.15, -0.1) is 0 Å². The summed E-state index contributed by atoms with van der Waals surface area (Å²) in [5.41, 5.74) is 13.0. The Morgan fingerprint density at radius 1 is 1.00 bits per heavy atom. The van der Waals surface area contributed by atoms with Crippen LogP contribution in [0.4, 0.5) is 5.69 Å². The molecule has 0 bridgehead atoms. The Bertz CT molecular complexity index is 1100. The Labute approximate surface area is 195 Å². The molecule has 1 aliphatic heterocycles. The summed E-state index contributed by atoms with van der Waals surface area (Å²) in [5, 5.41) is 19.4. The molecule has 2 aromatic carbocycles. The van der Waals surface area contributed by atoms with Gasteiger partial charge in [-0.25, -0.2) is 0 Å². The minimum atomic E-state index is -1.09. The molecule has 1 saturated heterocycles. The molecule has 3 amide bonds. The molecular formula is C23H26N6O5. The number of rotatable bonds is 9. The number of piperazine rings is 1. The van der Waals surface area contributed by atoms with E-state index < -0.39 is 23.8 Å². The topological polar surface area (TPSA) is 183 Å². The van der Waals surface area contributed by atoms with Crippen molar-refractivity contribution >= 4 is 35.2 Å². The summed E-state index contributed by atoms with van der Waals surface area (Å²) in [4.78, 5) is 51.8. The fraction of sp³-hybridized carbons (Fsp3) is 0.261. The second-order valence-corrected chi connectivity index (χ2v) is 7.82. The minimum absolute atomic E-state index is 0.101. The van der Waals surface area contributed by atoms with Crippen LogP contribution in [-0.2, 0) is 14.4 Å². The molecule has 1 heterocycles. The Morgan fingerprint density at radius 2 is 1.62 bits per heavy atom. The zero-order valence-corrected chi connectivity index (χ0v) is 18.4. The van der Waals surface area contributed by atoms with Gasteiger partial charge in [-0.2, -0.15) is 0 Å². The molecule has 34 heavy (non-hydrogen) atoms. The van der Waals surface area contributed by atoms with E-state index in [4.69, 9.17) is 16.9 Å². The predicted octanol–water partition coefficient (Wildman–Crippen LogP) is 0.169. The maximum atomic E-state index is 12.8. The fourth-order valence-corrected chi connectivity index (χ4v) is 3.70. The van der Waals surface area contributed by atoms with Crippen LogP contribution in [0.25, 0.3) is 0 Å². The van der Waals surface area contributed by atoms with E-state index in [-0.39, 0.29) is 44.3 Å². The molecule has 1 fully saturated rings. The molecule has 1 unspecified atom stereocenters. The van der Waals surface area contributed by atoms with Gasteiger partial charge in [0.15, 0.2) is 0 Å². The smallest absolute Gasteiger partial charge is 0.312 e. The van der Waals surface area contributed by atoms with Crippen LogP contribution in [0.15, 0.2) is 48.5 Å². The number of anilines is 1. The Balaban J connectivity index is 1.59. The third kappa shape index (κ3) is 5.68. The van der Waals surface area contributed by atoms with Crippen molar-refractivity contribution < 1.29 is 24.3 Å². The quantitative estimate of drug-likeness (QED) is 0.151. The average molecular weight is 466 g/mol. The molecule has 0 spiro atoms. The lowest BCUT2D eigenvalue weighted by atomic mass is 10.0. The van der Waals surface area contributed by atoms with Crippen LogP contribution < -0.4 is 16.8 Å². The summed E-state index contributed by atoms with van der Waals surface area (Å²) in [6.45, 7) is 0.621. The molecule has 0 saturated carbocycles. The number of nitrogen functional groups attached to an aromatic ring is 2. The van der Waals surface area contributed by atoms with E-state index in [1.165, 1.54) is 9.80 Å². The maximum absolute atomic E-state index is 12.8. The highest BCUT2D eigenvalue weighted by molar-refractivity contribution is 6.35. The molecule has 1 aliphatic rings. The largest absolute Gasteiger partial charge is 0.481 e. The average Bonchev–Trinajstić information content (AvgIpc) is 2.81. The predicted molar refractivity (Wildman–Crippen MR) is 124 cm³/mol. The number of aliphatic carboxylic acids is 1. The zero-order valence-electron chi connectivity index (χ0n) is 18.4. The number of amides is 3. The van der Waals surface area contributed by atoms with Crippen molar-refractivity contribution in [3.8, 4) is 0 Å². The van der Waals surface area contributed by atoms with Crippen molar-refractivity contribution in [2.75, 3.05) is 31.9 Å². The first-order valence-corrected chi connectivity index (χ1v) is 10.6. The summed E-state index contributed by atoms with van der Waals surface area (Å²) in [6.07, 6.45) is -0.346. The van der Waals surface area contributed by atoms with Crippen LogP contribution in [0.2, 0.25) is 0 Å². The zero-order chi connectivity index (χ0) is 24.8. The van der Waals surface area contributed by atoms with Crippen LogP contribution in [0.3, 0.4) is 0 Å². The molecule has 7 N–H and O–H groups in total. The molecule has 0 radical (unpaired) electrons. The molecule has 0 aromatic heterocycles. The number of benzene rings is 2. The van der Waals surface area contributed by atoms with Crippen molar-refractivity contribution in [3.63, 3.8) is 0 Å². The lowest BCUT2D eigenvalue weighted by molar-refractivity contribution is -0.159. The number of carbonyl (C=O) groups excluding carboxylic acids is 3. The van der Waals surface area contributed by atoms with Crippen LogP contribution in [0.5, 0.6) is 0 Å². The number of nitrogens with zero attached hydrogens (tertiary/aromatic N) is 2. The standard InChI is InChI=1S/C23H26N6O5/c24-17-7-5-14(6-8-17)18(13-19(30)31)29-12-11-28(22(33)23(29)34)10-9-27-21(32)16-3-1-15(2-4-16)20(25)26/h1-8,18H,9-13,24H2,(H3,25,26)(H,27,32)(H,30,31). The number of carboxylic acid groups (broad SMARTS) is 1. The van der Waals surface area contributed by atoms with Crippen molar-refractivity contribution in [2.45, 2.75) is 12.5 Å². The van der Waals surface area contributed by atoms with E-state index >= 15 is 0 Å². The van der Waals surface area contributed by atoms with Gasteiger partial charge in [0.1, 0.15) is 5.84 Å². The van der Waals surface area contributed by atoms with Crippen LogP contribution in [0.1, 0.15) is 33.9 Å². The summed E-state index contributed by atoms with van der Waals surface area (Å²) in [7, 11) is 0. The summed E-state index contributed by atoms with van der Waals surface area (Å²) in [5.74, 6) is -3.10. The Kier molecular flexibility index (Phi) is 7.46. The first-order chi connectivity index (χ1) is 16.2. The van der Waals surface area contributed by atoms with Crippen molar-refractivity contribution in [2.24, 2.45) is 5.73 Å². The number of nitrogens with two attached hydrogens (primary N) is 2. The molecular weight excluding hydrogens is 440 g/mol.